The molecule has 31 heavy (non-hydrogen) atoms. The molecule has 164 valence electrons. The van der Waals surface area contributed by atoms with Gasteiger partial charge in [-0.2, -0.15) is 0 Å². The fourth-order valence-electron chi connectivity index (χ4n) is 3.58. The summed E-state index contributed by atoms with van der Waals surface area (Å²) in [5.41, 5.74) is 2.94. The van der Waals surface area contributed by atoms with Gasteiger partial charge in [-0.3, -0.25) is 14.4 Å². The van der Waals surface area contributed by atoms with Crippen molar-refractivity contribution in [3.63, 3.8) is 0 Å². The predicted octanol–water partition coefficient (Wildman–Crippen LogP) is 3.50. The van der Waals surface area contributed by atoms with Gasteiger partial charge in [0.1, 0.15) is 0 Å². The molecule has 0 spiro atoms. The van der Waals surface area contributed by atoms with Crippen molar-refractivity contribution in [2.75, 3.05) is 29.9 Å². The van der Waals surface area contributed by atoms with E-state index >= 15 is 0 Å². The van der Waals surface area contributed by atoms with Crippen LogP contribution in [0.2, 0.25) is 0 Å². The number of anilines is 2. The maximum absolute atomic E-state index is 13.0. The minimum absolute atomic E-state index is 0.0238. The highest BCUT2D eigenvalue weighted by atomic mass is 16.5. The van der Waals surface area contributed by atoms with Crippen molar-refractivity contribution < 1.29 is 19.1 Å². The number of benzene rings is 2. The first kappa shape index (κ1) is 22.3. The SMILES string of the molecule is CCOC(=O)CCC(=O)Nc1ccc(N2CCCC2)c(C(=O)NCc2ccccc2)c1. The fraction of sp³-hybridized carbons (Fsp3) is 0.375. The van der Waals surface area contributed by atoms with E-state index in [-0.39, 0.29) is 24.7 Å². The summed E-state index contributed by atoms with van der Waals surface area (Å²) in [6, 6.07) is 15.1. The molecule has 1 aliphatic rings. The van der Waals surface area contributed by atoms with Gasteiger partial charge in [0.05, 0.1) is 18.6 Å². The Labute approximate surface area is 182 Å². The molecule has 2 amide bonds. The lowest BCUT2D eigenvalue weighted by molar-refractivity contribution is -0.144. The number of hydrogen-bond donors (Lipinski definition) is 2. The van der Waals surface area contributed by atoms with E-state index in [1.807, 2.05) is 36.4 Å². The van der Waals surface area contributed by atoms with Crippen LogP contribution in [-0.4, -0.2) is 37.5 Å². The van der Waals surface area contributed by atoms with Crippen molar-refractivity contribution in [3.05, 3.63) is 59.7 Å². The summed E-state index contributed by atoms with van der Waals surface area (Å²) < 4.78 is 4.85. The largest absolute Gasteiger partial charge is 0.466 e. The van der Waals surface area contributed by atoms with Crippen LogP contribution in [0.4, 0.5) is 11.4 Å². The Balaban J connectivity index is 1.71. The van der Waals surface area contributed by atoms with Crippen LogP contribution in [0.3, 0.4) is 0 Å². The summed E-state index contributed by atoms with van der Waals surface area (Å²) in [5, 5.41) is 5.76. The number of ether oxygens (including phenoxy) is 1. The number of hydrogen-bond acceptors (Lipinski definition) is 5. The van der Waals surface area contributed by atoms with Crippen molar-refractivity contribution in [3.8, 4) is 0 Å². The Hall–Kier alpha value is -3.35. The molecule has 2 aromatic carbocycles. The lowest BCUT2D eigenvalue weighted by Crippen LogP contribution is -2.27. The van der Waals surface area contributed by atoms with E-state index in [9.17, 15) is 14.4 Å². The smallest absolute Gasteiger partial charge is 0.306 e. The van der Waals surface area contributed by atoms with Gasteiger partial charge in [0.2, 0.25) is 5.91 Å². The van der Waals surface area contributed by atoms with Gasteiger partial charge in [-0.15, -0.1) is 0 Å². The average Bonchev–Trinajstić information content (AvgIpc) is 3.32. The van der Waals surface area contributed by atoms with E-state index in [0.29, 0.717) is 24.4 Å². The molecule has 1 fully saturated rings. The molecule has 1 aliphatic heterocycles. The number of carbonyl (C=O) groups is 3. The van der Waals surface area contributed by atoms with Crippen LogP contribution in [0.25, 0.3) is 0 Å². The van der Waals surface area contributed by atoms with Gasteiger partial charge in [-0.25, -0.2) is 0 Å². The van der Waals surface area contributed by atoms with Crippen LogP contribution in [0.15, 0.2) is 48.5 Å². The highest BCUT2D eigenvalue weighted by Gasteiger charge is 2.20. The van der Waals surface area contributed by atoms with Crippen LogP contribution in [0.1, 0.15) is 48.5 Å². The van der Waals surface area contributed by atoms with Gasteiger partial charge >= 0.3 is 5.97 Å². The maximum atomic E-state index is 13.0. The monoisotopic (exact) mass is 423 g/mol. The lowest BCUT2D eigenvalue weighted by atomic mass is 10.1. The summed E-state index contributed by atoms with van der Waals surface area (Å²) >= 11 is 0. The van der Waals surface area contributed by atoms with Gasteiger partial charge in [-0.05, 0) is 43.5 Å². The van der Waals surface area contributed by atoms with Crippen LogP contribution >= 0.6 is 0 Å². The van der Waals surface area contributed by atoms with Gasteiger partial charge < -0.3 is 20.3 Å². The molecule has 2 aromatic rings. The zero-order valence-electron chi connectivity index (χ0n) is 17.9. The van der Waals surface area contributed by atoms with Crippen molar-refractivity contribution in [1.82, 2.24) is 5.32 Å². The summed E-state index contributed by atoms with van der Waals surface area (Å²) in [7, 11) is 0. The van der Waals surface area contributed by atoms with Crippen molar-refractivity contribution in [2.45, 2.75) is 39.2 Å². The molecule has 0 atom stereocenters. The Morgan fingerprint density at radius 1 is 1.00 bits per heavy atom. The van der Waals surface area contributed by atoms with Crippen molar-refractivity contribution >= 4 is 29.2 Å². The molecular weight excluding hydrogens is 394 g/mol. The highest BCUT2D eigenvalue weighted by Crippen LogP contribution is 2.28. The van der Waals surface area contributed by atoms with Gasteiger partial charge in [0.15, 0.2) is 0 Å². The fourth-order valence-corrected chi connectivity index (χ4v) is 3.58. The highest BCUT2D eigenvalue weighted by molar-refractivity contribution is 6.02. The molecule has 2 N–H and O–H groups in total. The number of nitrogens with one attached hydrogen (secondary N) is 2. The summed E-state index contributed by atoms with van der Waals surface area (Å²) in [4.78, 5) is 38.9. The summed E-state index contributed by atoms with van der Waals surface area (Å²) in [5.74, 6) is -0.881. The summed E-state index contributed by atoms with van der Waals surface area (Å²) in [6.07, 6.45) is 2.24. The van der Waals surface area contributed by atoms with Crippen LogP contribution < -0.4 is 15.5 Å². The number of nitrogens with zero attached hydrogens (tertiary/aromatic N) is 1. The second-order valence-corrected chi connectivity index (χ2v) is 7.45. The molecule has 7 nitrogen and oxygen atoms in total. The van der Waals surface area contributed by atoms with E-state index < -0.39 is 5.97 Å². The Morgan fingerprint density at radius 3 is 2.45 bits per heavy atom. The molecular formula is C24H29N3O4. The molecule has 0 saturated carbocycles. The predicted molar refractivity (Wildman–Crippen MR) is 120 cm³/mol. The lowest BCUT2D eigenvalue weighted by Gasteiger charge is -2.22. The normalized spacial score (nSPS) is 13.0. The molecule has 1 saturated heterocycles. The zero-order chi connectivity index (χ0) is 22.1. The molecule has 0 radical (unpaired) electrons. The second-order valence-electron chi connectivity index (χ2n) is 7.45. The summed E-state index contributed by atoms with van der Waals surface area (Å²) in [6.45, 7) is 4.26. The van der Waals surface area contributed by atoms with E-state index in [0.717, 1.165) is 37.2 Å². The molecule has 7 heteroatoms. The molecule has 3 rings (SSSR count). The molecule has 0 unspecified atom stereocenters. The standard InChI is InChI=1S/C24H29N3O4/c1-2-31-23(29)13-12-22(28)26-19-10-11-21(27-14-6-7-15-27)20(16-19)24(30)25-17-18-8-4-3-5-9-18/h3-5,8-11,16H,2,6-7,12-15,17H2,1H3,(H,25,30)(H,26,28). The zero-order valence-corrected chi connectivity index (χ0v) is 17.9. The minimum Gasteiger partial charge on any atom is -0.466 e. The van der Waals surface area contributed by atoms with E-state index in [1.165, 1.54) is 0 Å². The van der Waals surface area contributed by atoms with Gasteiger partial charge in [0.25, 0.3) is 5.91 Å². The topological polar surface area (TPSA) is 87.7 Å². The minimum atomic E-state index is -0.400. The van der Waals surface area contributed by atoms with Crippen molar-refractivity contribution in [1.29, 1.82) is 0 Å². The van der Waals surface area contributed by atoms with E-state index in [4.69, 9.17) is 4.74 Å². The third-order valence-electron chi connectivity index (χ3n) is 5.13. The number of esters is 1. The van der Waals surface area contributed by atoms with Crippen LogP contribution in [0.5, 0.6) is 0 Å². The van der Waals surface area contributed by atoms with E-state index in [2.05, 4.69) is 15.5 Å². The third-order valence-corrected chi connectivity index (χ3v) is 5.13. The average molecular weight is 424 g/mol. The van der Waals surface area contributed by atoms with Crippen LogP contribution in [-0.2, 0) is 20.9 Å². The Morgan fingerprint density at radius 2 is 1.74 bits per heavy atom. The van der Waals surface area contributed by atoms with E-state index in [1.54, 1.807) is 19.1 Å². The van der Waals surface area contributed by atoms with Crippen molar-refractivity contribution in [2.24, 2.45) is 0 Å². The van der Waals surface area contributed by atoms with Gasteiger partial charge in [-0.1, -0.05) is 30.3 Å². The third kappa shape index (κ3) is 6.57. The Kier molecular flexibility index (Phi) is 8.04. The quantitative estimate of drug-likeness (QED) is 0.603. The molecule has 0 aromatic heterocycles. The molecule has 0 bridgehead atoms. The molecule has 0 aliphatic carbocycles. The first-order valence-electron chi connectivity index (χ1n) is 10.7. The molecule has 1 heterocycles. The number of carbonyl (C=O) groups excluding carboxylic acids is 3. The number of rotatable bonds is 9. The second kappa shape index (κ2) is 11.2. The van der Waals surface area contributed by atoms with Gasteiger partial charge in [0, 0.05) is 37.4 Å². The maximum Gasteiger partial charge on any atom is 0.306 e. The Bertz CT molecular complexity index is 908. The van der Waals surface area contributed by atoms with Crippen LogP contribution in [0, 0.1) is 0 Å². The first-order chi connectivity index (χ1) is 15.1. The number of amides is 2. The first-order valence-corrected chi connectivity index (χ1v) is 10.7.